The van der Waals surface area contributed by atoms with Crippen molar-refractivity contribution >= 4 is 29.1 Å². The van der Waals surface area contributed by atoms with E-state index in [0.29, 0.717) is 28.1 Å². The van der Waals surface area contributed by atoms with Gasteiger partial charge in [-0.1, -0.05) is 78.9 Å². The van der Waals surface area contributed by atoms with Crippen molar-refractivity contribution in [3.8, 4) is 5.75 Å². The van der Waals surface area contributed by atoms with E-state index in [9.17, 15) is 14.4 Å². The number of ketones is 3. The summed E-state index contributed by atoms with van der Waals surface area (Å²) in [4.78, 5) is 45.6. The Labute approximate surface area is 230 Å². The Balaban J connectivity index is 1.57. The van der Waals surface area contributed by atoms with Gasteiger partial charge in [-0.25, -0.2) is 4.39 Å². The minimum absolute atomic E-state index is 0.0846. The summed E-state index contributed by atoms with van der Waals surface area (Å²) in [7, 11) is 1.54. The average molecular weight is 530 g/mol. The maximum absolute atomic E-state index is 15.2. The number of fused-ring (bicyclic) bond motifs is 5. The molecule has 0 radical (unpaired) electrons. The molecule has 1 spiro atoms. The normalized spacial score (nSPS) is 21.8. The number of para-hydroxylation sites is 1. The van der Waals surface area contributed by atoms with E-state index in [2.05, 4.69) is 0 Å². The maximum atomic E-state index is 15.2. The molecule has 6 heteroatoms. The van der Waals surface area contributed by atoms with Crippen LogP contribution in [0.25, 0.3) is 6.08 Å². The van der Waals surface area contributed by atoms with Crippen LogP contribution >= 0.6 is 0 Å². The van der Waals surface area contributed by atoms with Crippen molar-refractivity contribution in [2.24, 2.45) is 5.41 Å². The number of benzene rings is 4. The topological polar surface area (TPSA) is 63.7 Å². The third-order valence-corrected chi connectivity index (χ3v) is 8.57. The molecule has 2 heterocycles. The summed E-state index contributed by atoms with van der Waals surface area (Å²) in [6, 6.07) is 25.5. The van der Waals surface area contributed by atoms with Crippen LogP contribution in [-0.4, -0.2) is 36.5 Å². The number of carbonyl (C=O) groups is 3. The molecule has 196 valence electrons. The van der Waals surface area contributed by atoms with Crippen molar-refractivity contribution in [2.45, 2.75) is 18.0 Å². The number of nitrogens with zero attached hydrogens (tertiary/aromatic N) is 1. The molecule has 4 aromatic rings. The molecule has 7 rings (SSSR count). The zero-order chi connectivity index (χ0) is 27.6. The third-order valence-electron chi connectivity index (χ3n) is 8.57. The van der Waals surface area contributed by atoms with Crippen LogP contribution in [0.2, 0.25) is 0 Å². The molecule has 0 aromatic heterocycles. The molecule has 0 amide bonds. The first-order valence-electron chi connectivity index (χ1n) is 13.2. The van der Waals surface area contributed by atoms with Crippen molar-refractivity contribution in [1.29, 1.82) is 0 Å². The smallest absolute Gasteiger partial charge is 0.188 e. The molecule has 3 atom stereocenters. The van der Waals surface area contributed by atoms with Gasteiger partial charge in [0.25, 0.3) is 0 Å². The molecular weight excluding hydrogens is 505 g/mol. The van der Waals surface area contributed by atoms with Crippen molar-refractivity contribution in [1.82, 2.24) is 0 Å². The van der Waals surface area contributed by atoms with Gasteiger partial charge in [-0.2, -0.15) is 0 Å². The van der Waals surface area contributed by atoms with Gasteiger partial charge in [0.05, 0.1) is 18.7 Å². The van der Waals surface area contributed by atoms with Crippen molar-refractivity contribution in [3.05, 3.63) is 137 Å². The Morgan fingerprint density at radius 2 is 1.52 bits per heavy atom. The lowest BCUT2D eigenvalue weighted by atomic mass is 9.64. The molecule has 1 fully saturated rings. The van der Waals surface area contributed by atoms with Crippen LogP contribution in [0, 0.1) is 11.2 Å². The van der Waals surface area contributed by atoms with Gasteiger partial charge in [0, 0.05) is 22.7 Å². The van der Waals surface area contributed by atoms with Crippen molar-refractivity contribution in [3.63, 3.8) is 0 Å². The molecule has 0 N–H and O–H groups in total. The van der Waals surface area contributed by atoms with Crippen molar-refractivity contribution in [2.75, 3.05) is 12.0 Å². The van der Waals surface area contributed by atoms with Crippen LogP contribution in [0.15, 0.2) is 103 Å². The van der Waals surface area contributed by atoms with E-state index in [1.165, 1.54) is 25.3 Å². The highest BCUT2D eigenvalue weighted by atomic mass is 19.1. The molecule has 2 aliphatic heterocycles. The Bertz CT molecular complexity index is 1720. The van der Waals surface area contributed by atoms with Crippen LogP contribution in [-0.2, 0) is 0 Å². The van der Waals surface area contributed by atoms with Gasteiger partial charge in [0.2, 0.25) is 0 Å². The number of hydrogen-bond donors (Lipinski definition) is 0. The standard InChI is InChI=1S/C34H24FNO4/c1-40-22-11-8-10-21(19-22)29-30(31(37)25-14-5-6-15-26(25)35)36-27-16-7-2-9-20(27)17-18-28(36)34(29)32(38)23-12-3-4-13-24(23)33(34)39/h2-19,28-30H,1H3/t28-,29-,30+/m1/s1. The number of hydrogen-bond acceptors (Lipinski definition) is 5. The van der Waals surface area contributed by atoms with E-state index in [1.807, 2.05) is 47.4 Å². The number of ether oxygens (including phenoxy) is 1. The first-order valence-corrected chi connectivity index (χ1v) is 13.2. The highest BCUT2D eigenvalue weighted by Crippen LogP contribution is 2.61. The van der Waals surface area contributed by atoms with Crippen LogP contribution in [0.3, 0.4) is 0 Å². The van der Waals surface area contributed by atoms with Gasteiger partial charge in [0.15, 0.2) is 17.3 Å². The van der Waals surface area contributed by atoms with E-state index >= 15 is 4.39 Å². The second-order valence-corrected chi connectivity index (χ2v) is 10.4. The monoisotopic (exact) mass is 529 g/mol. The largest absolute Gasteiger partial charge is 0.497 e. The average Bonchev–Trinajstić information content (AvgIpc) is 3.43. The molecule has 4 aromatic carbocycles. The Morgan fingerprint density at radius 1 is 0.850 bits per heavy atom. The summed E-state index contributed by atoms with van der Waals surface area (Å²) in [5.41, 5.74) is 1.11. The summed E-state index contributed by atoms with van der Waals surface area (Å²) < 4.78 is 20.7. The summed E-state index contributed by atoms with van der Waals surface area (Å²) in [6.07, 6.45) is 3.76. The van der Waals surface area contributed by atoms with Gasteiger partial charge in [-0.3, -0.25) is 14.4 Å². The quantitative estimate of drug-likeness (QED) is 0.234. The SMILES string of the molecule is COc1cccc([C@@H]2[C@@H](C(=O)c3ccccc3F)N3c4ccccc4C=C[C@@H]3C23C(=O)c2ccccc2C3=O)c1. The van der Waals surface area contributed by atoms with Crippen LogP contribution < -0.4 is 9.64 Å². The Kier molecular flexibility index (Phi) is 5.36. The fraction of sp³-hybridized carbons (Fsp3) is 0.147. The summed E-state index contributed by atoms with van der Waals surface area (Å²) in [6.45, 7) is 0. The van der Waals surface area contributed by atoms with Crippen LogP contribution in [0.1, 0.15) is 48.1 Å². The fourth-order valence-electron chi connectivity index (χ4n) is 6.95. The van der Waals surface area contributed by atoms with Gasteiger partial charge in [-0.15, -0.1) is 0 Å². The second-order valence-electron chi connectivity index (χ2n) is 10.4. The first kappa shape index (κ1) is 24.2. The molecule has 40 heavy (non-hydrogen) atoms. The van der Waals surface area contributed by atoms with Gasteiger partial charge in [0.1, 0.15) is 23.0 Å². The molecule has 5 nitrogen and oxygen atoms in total. The summed E-state index contributed by atoms with van der Waals surface area (Å²) in [5.74, 6) is -2.20. The lowest BCUT2D eigenvalue weighted by Gasteiger charge is -2.37. The number of carbonyl (C=O) groups excluding carboxylic acids is 3. The molecule has 0 bridgehead atoms. The van der Waals surface area contributed by atoms with Gasteiger partial charge < -0.3 is 9.64 Å². The molecular formula is C34H24FNO4. The van der Waals surface area contributed by atoms with E-state index in [0.717, 1.165) is 5.56 Å². The highest BCUT2D eigenvalue weighted by molar-refractivity contribution is 6.32. The first-order chi connectivity index (χ1) is 19.5. The molecule has 3 aliphatic rings. The van der Waals surface area contributed by atoms with E-state index in [4.69, 9.17) is 4.74 Å². The van der Waals surface area contributed by atoms with Gasteiger partial charge in [-0.05, 0) is 41.5 Å². The van der Waals surface area contributed by atoms with Crippen molar-refractivity contribution < 1.29 is 23.5 Å². The van der Waals surface area contributed by atoms with E-state index in [-0.39, 0.29) is 17.1 Å². The van der Waals surface area contributed by atoms with E-state index in [1.54, 1.807) is 48.5 Å². The fourth-order valence-corrected chi connectivity index (χ4v) is 6.95. The molecule has 0 saturated carbocycles. The predicted molar refractivity (Wildman–Crippen MR) is 150 cm³/mol. The summed E-state index contributed by atoms with van der Waals surface area (Å²) >= 11 is 0. The number of halogens is 1. The zero-order valence-corrected chi connectivity index (χ0v) is 21.6. The lowest BCUT2D eigenvalue weighted by molar-refractivity contribution is 0.0665. The second kappa shape index (κ2) is 8.85. The minimum atomic E-state index is -1.65. The van der Waals surface area contributed by atoms with E-state index < -0.39 is 35.0 Å². The number of Topliss-reactive ketones (excluding diaryl/α,β-unsaturated/α-hetero) is 3. The van der Waals surface area contributed by atoms with Gasteiger partial charge >= 0.3 is 0 Å². The number of rotatable bonds is 4. The predicted octanol–water partition coefficient (Wildman–Crippen LogP) is 6.15. The zero-order valence-electron chi connectivity index (χ0n) is 21.6. The molecule has 0 unspecified atom stereocenters. The minimum Gasteiger partial charge on any atom is -0.497 e. The maximum Gasteiger partial charge on any atom is 0.188 e. The third kappa shape index (κ3) is 3.10. The lowest BCUT2D eigenvalue weighted by Crippen LogP contribution is -2.48. The molecule has 1 saturated heterocycles. The Morgan fingerprint density at radius 3 is 2.25 bits per heavy atom. The molecule has 1 aliphatic carbocycles. The summed E-state index contributed by atoms with van der Waals surface area (Å²) in [5, 5.41) is 0. The number of methoxy groups -OCH3 is 1. The highest BCUT2D eigenvalue weighted by Gasteiger charge is 2.71. The van der Waals surface area contributed by atoms with Crippen LogP contribution in [0.5, 0.6) is 5.75 Å². The number of anilines is 1. The van der Waals surface area contributed by atoms with Crippen LogP contribution in [0.4, 0.5) is 10.1 Å². The Hall–Kier alpha value is -4.84.